The Balaban J connectivity index is 2.21. The van der Waals surface area contributed by atoms with E-state index in [4.69, 9.17) is 5.11 Å². The van der Waals surface area contributed by atoms with Crippen molar-refractivity contribution in [1.29, 1.82) is 0 Å². The Bertz CT molecular complexity index is 832. The van der Waals surface area contributed by atoms with Gasteiger partial charge >= 0.3 is 5.97 Å². The molecule has 1 N–H and O–H groups in total. The number of fused-ring (bicyclic) bond motifs is 1. The molecule has 3 rings (SSSR count). The summed E-state index contributed by atoms with van der Waals surface area (Å²) in [5.41, 5.74) is 5.81. The zero-order valence-electron chi connectivity index (χ0n) is 12.8. The predicted molar refractivity (Wildman–Crippen MR) is 89.0 cm³/mol. The number of rotatable bonds is 4. The predicted octanol–water partition coefficient (Wildman–Crippen LogP) is 4.17. The van der Waals surface area contributed by atoms with E-state index in [9.17, 15) is 4.79 Å². The molecule has 22 heavy (non-hydrogen) atoms. The SMILES string of the molecule is Cc1c(CCC(=O)O)c2cccc(-c3ccccc3)c2n1C. The van der Waals surface area contributed by atoms with Gasteiger partial charge in [0, 0.05) is 30.1 Å². The summed E-state index contributed by atoms with van der Waals surface area (Å²) in [7, 11) is 2.05. The Morgan fingerprint density at radius 1 is 1.09 bits per heavy atom. The summed E-state index contributed by atoms with van der Waals surface area (Å²) in [5.74, 6) is -0.754. The molecule has 3 aromatic rings. The zero-order chi connectivity index (χ0) is 15.7. The minimum Gasteiger partial charge on any atom is -0.481 e. The van der Waals surface area contributed by atoms with Crippen LogP contribution in [0.2, 0.25) is 0 Å². The van der Waals surface area contributed by atoms with Gasteiger partial charge in [0.2, 0.25) is 0 Å². The number of nitrogens with zero attached hydrogens (tertiary/aromatic N) is 1. The normalized spacial score (nSPS) is 11.0. The molecule has 0 atom stereocenters. The van der Waals surface area contributed by atoms with E-state index in [1.165, 1.54) is 16.6 Å². The van der Waals surface area contributed by atoms with Gasteiger partial charge in [-0.15, -0.1) is 0 Å². The van der Waals surface area contributed by atoms with Crippen LogP contribution in [-0.2, 0) is 18.3 Å². The molecule has 112 valence electrons. The molecular formula is C19H19NO2. The van der Waals surface area contributed by atoms with Gasteiger partial charge in [-0.2, -0.15) is 0 Å². The monoisotopic (exact) mass is 293 g/mol. The molecule has 2 aromatic carbocycles. The molecule has 0 aliphatic rings. The van der Waals surface area contributed by atoms with Crippen LogP contribution in [0.5, 0.6) is 0 Å². The van der Waals surface area contributed by atoms with Crippen LogP contribution in [0, 0.1) is 6.92 Å². The molecule has 0 spiro atoms. The molecule has 3 heteroatoms. The quantitative estimate of drug-likeness (QED) is 0.784. The highest BCUT2D eigenvalue weighted by Gasteiger charge is 2.16. The van der Waals surface area contributed by atoms with Crippen LogP contribution < -0.4 is 0 Å². The number of hydrogen-bond acceptors (Lipinski definition) is 1. The smallest absolute Gasteiger partial charge is 0.303 e. The third kappa shape index (κ3) is 2.39. The van der Waals surface area contributed by atoms with Gasteiger partial charge in [-0.25, -0.2) is 0 Å². The average molecular weight is 293 g/mol. The lowest BCUT2D eigenvalue weighted by Crippen LogP contribution is -1.99. The Morgan fingerprint density at radius 3 is 2.50 bits per heavy atom. The summed E-state index contributed by atoms with van der Waals surface area (Å²) in [4.78, 5) is 10.9. The molecule has 0 amide bonds. The summed E-state index contributed by atoms with van der Waals surface area (Å²) < 4.78 is 2.18. The van der Waals surface area contributed by atoms with Crippen LogP contribution in [0.3, 0.4) is 0 Å². The summed E-state index contributed by atoms with van der Waals surface area (Å²) in [6.07, 6.45) is 0.728. The summed E-state index contributed by atoms with van der Waals surface area (Å²) >= 11 is 0. The standard InChI is InChI=1S/C19H19NO2/c1-13-15(11-12-18(21)22)17-10-6-9-16(19(17)20(13)2)14-7-4-3-5-8-14/h3-10H,11-12H2,1-2H3,(H,21,22). The number of aromatic nitrogens is 1. The fraction of sp³-hybridized carbons (Fsp3) is 0.211. The molecule has 0 aliphatic carbocycles. The van der Waals surface area contributed by atoms with Crippen molar-refractivity contribution in [3.63, 3.8) is 0 Å². The Morgan fingerprint density at radius 2 is 1.82 bits per heavy atom. The van der Waals surface area contributed by atoms with Crippen LogP contribution in [-0.4, -0.2) is 15.6 Å². The maximum absolute atomic E-state index is 10.9. The highest BCUT2D eigenvalue weighted by Crippen LogP contribution is 2.34. The highest BCUT2D eigenvalue weighted by molar-refractivity contribution is 5.97. The zero-order valence-corrected chi connectivity index (χ0v) is 12.8. The van der Waals surface area contributed by atoms with Gasteiger partial charge in [-0.3, -0.25) is 4.79 Å². The number of carboxylic acid groups (broad SMARTS) is 1. The average Bonchev–Trinajstić information content (AvgIpc) is 2.78. The van der Waals surface area contributed by atoms with Crippen molar-refractivity contribution < 1.29 is 9.90 Å². The fourth-order valence-corrected chi connectivity index (χ4v) is 3.11. The van der Waals surface area contributed by atoms with Crippen molar-refractivity contribution in [2.24, 2.45) is 7.05 Å². The van der Waals surface area contributed by atoms with Crippen LogP contribution in [0.25, 0.3) is 22.0 Å². The van der Waals surface area contributed by atoms with Crippen LogP contribution in [0.4, 0.5) is 0 Å². The maximum Gasteiger partial charge on any atom is 0.303 e. The third-order valence-corrected chi connectivity index (χ3v) is 4.31. The topological polar surface area (TPSA) is 42.2 Å². The second kappa shape index (κ2) is 5.68. The van der Waals surface area contributed by atoms with E-state index in [-0.39, 0.29) is 6.42 Å². The molecule has 0 bridgehead atoms. The lowest BCUT2D eigenvalue weighted by atomic mass is 10.00. The van der Waals surface area contributed by atoms with Gasteiger partial charge in [-0.1, -0.05) is 48.5 Å². The van der Waals surface area contributed by atoms with Crippen molar-refractivity contribution in [1.82, 2.24) is 4.57 Å². The lowest BCUT2D eigenvalue weighted by Gasteiger charge is -2.07. The summed E-state index contributed by atoms with van der Waals surface area (Å²) in [5, 5.41) is 10.1. The van der Waals surface area contributed by atoms with Crippen molar-refractivity contribution in [2.75, 3.05) is 0 Å². The molecule has 0 aliphatic heterocycles. The van der Waals surface area contributed by atoms with E-state index in [1.807, 2.05) is 31.3 Å². The number of benzene rings is 2. The van der Waals surface area contributed by atoms with Gasteiger partial charge < -0.3 is 9.67 Å². The van der Waals surface area contributed by atoms with E-state index in [2.05, 4.69) is 35.8 Å². The van der Waals surface area contributed by atoms with Crippen molar-refractivity contribution in [2.45, 2.75) is 19.8 Å². The first-order valence-corrected chi connectivity index (χ1v) is 7.43. The van der Waals surface area contributed by atoms with E-state index >= 15 is 0 Å². The van der Waals surface area contributed by atoms with Crippen LogP contribution in [0.1, 0.15) is 17.7 Å². The molecule has 0 radical (unpaired) electrons. The first-order valence-electron chi connectivity index (χ1n) is 7.43. The lowest BCUT2D eigenvalue weighted by molar-refractivity contribution is -0.136. The van der Waals surface area contributed by atoms with Crippen LogP contribution in [0.15, 0.2) is 48.5 Å². The Labute approximate surface area is 129 Å². The number of carbonyl (C=O) groups is 1. The van der Waals surface area contributed by atoms with Gasteiger partial charge in [0.1, 0.15) is 0 Å². The van der Waals surface area contributed by atoms with E-state index in [1.54, 1.807) is 0 Å². The number of para-hydroxylation sites is 1. The number of carboxylic acids is 1. The van der Waals surface area contributed by atoms with E-state index < -0.39 is 5.97 Å². The second-order valence-electron chi connectivity index (χ2n) is 5.58. The number of hydrogen-bond donors (Lipinski definition) is 1. The van der Waals surface area contributed by atoms with Crippen molar-refractivity contribution >= 4 is 16.9 Å². The Hall–Kier alpha value is -2.55. The number of aliphatic carboxylic acids is 1. The largest absolute Gasteiger partial charge is 0.481 e. The van der Waals surface area contributed by atoms with E-state index in [0.29, 0.717) is 6.42 Å². The minimum atomic E-state index is -0.754. The van der Waals surface area contributed by atoms with Crippen molar-refractivity contribution in [3.8, 4) is 11.1 Å². The first-order chi connectivity index (χ1) is 10.6. The van der Waals surface area contributed by atoms with Crippen molar-refractivity contribution in [3.05, 3.63) is 59.8 Å². The van der Waals surface area contributed by atoms with Gasteiger partial charge in [0.05, 0.1) is 5.52 Å². The molecule has 0 fully saturated rings. The third-order valence-electron chi connectivity index (χ3n) is 4.31. The first kappa shape index (κ1) is 14.4. The minimum absolute atomic E-state index is 0.162. The number of aryl methyl sites for hydroxylation is 2. The summed E-state index contributed by atoms with van der Waals surface area (Å²) in [6, 6.07) is 16.6. The molecule has 0 saturated heterocycles. The molecule has 1 heterocycles. The molecule has 0 saturated carbocycles. The maximum atomic E-state index is 10.9. The van der Waals surface area contributed by atoms with Gasteiger partial charge in [0.15, 0.2) is 0 Å². The van der Waals surface area contributed by atoms with E-state index in [0.717, 1.165) is 16.6 Å². The molecular weight excluding hydrogens is 274 g/mol. The highest BCUT2D eigenvalue weighted by atomic mass is 16.4. The van der Waals surface area contributed by atoms with Crippen LogP contribution >= 0.6 is 0 Å². The summed E-state index contributed by atoms with van der Waals surface area (Å²) in [6.45, 7) is 2.06. The Kier molecular flexibility index (Phi) is 3.72. The van der Waals surface area contributed by atoms with Gasteiger partial charge in [-0.05, 0) is 24.5 Å². The second-order valence-corrected chi connectivity index (χ2v) is 5.58. The molecule has 3 nitrogen and oxygen atoms in total. The molecule has 0 unspecified atom stereocenters. The molecule has 1 aromatic heterocycles. The van der Waals surface area contributed by atoms with Gasteiger partial charge in [0.25, 0.3) is 0 Å². The fourth-order valence-electron chi connectivity index (χ4n) is 3.11.